The third-order valence-corrected chi connectivity index (χ3v) is 6.20. The third-order valence-electron chi connectivity index (χ3n) is 6.20. The number of amides is 2. The van der Waals surface area contributed by atoms with Gasteiger partial charge in [-0.1, -0.05) is 67.4 Å². The summed E-state index contributed by atoms with van der Waals surface area (Å²) in [7, 11) is 0. The summed E-state index contributed by atoms with van der Waals surface area (Å²) in [5.74, 6) is 0.361. The van der Waals surface area contributed by atoms with Gasteiger partial charge in [-0.2, -0.15) is 0 Å². The number of hydrogen-bond donors (Lipinski definition) is 1. The summed E-state index contributed by atoms with van der Waals surface area (Å²) in [6, 6.07) is 18.4. The summed E-state index contributed by atoms with van der Waals surface area (Å²) < 4.78 is 0. The van der Waals surface area contributed by atoms with Crippen molar-refractivity contribution in [1.29, 1.82) is 0 Å². The van der Waals surface area contributed by atoms with Gasteiger partial charge in [0.25, 0.3) is 0 Å². The fourth-order valence-corrected chi connectivity index (χ4v) is 4.83. The molecule has 28 heavy (non-hydrogen) atoms. The van der Waals surface area contributed by atoms with E-state index in [-0.39, 0.29) is 23.7 Å². The largest absolute Gasteiger partial charge is 0.344 e. The minimum atomic E-state index is -0.401. The Kier molecular flexibility index (Phi) is 5.47. The Labute approximate surface area is 166 Å². The molecule has 4 heteroatoms. The molecule has 0 aromatic heterocycles. The molecule has 0 radical (unpaired) electrons. The molecule has 1 aliphatic carbocycles. The number of fused-ring (bicyclic) bond motifs is 1. The summed E-state index contributed by atoms with van der Waals surface area (Å²) in [6.45, 7) is 2.78. The summed E-state index contributed by atoms with van der Waals surface area (Å²) in [6.07, 6.45) is 4.32. The van der Waals surface area contributed by atoms with Crippen molar-refractivity contribution in [3.05, 3.63) is 71.3 Å². The quantitative estimate of drug-likeness (QED) is 0.881. The van der Waals surface area contributed by atoms with Crippen LogP contribution in [0.2, 0.25) is 0 Å². The van der Waals surface area contributed by atoms with Crippen LogP contribution >= 0.6 is 0 Å². The Morgan fingerprint density at radius 2 is 1.68 bits per heavy atom. The average molecular weight is 377 g/mol. The Bertz CT molecular complexity index is 843. The van der Waals surface area contributed by atoms with Crippen molar-refractivity contribution < 1.29 is 9.59 Å². The SMILES string of the molecule is CC(=O)NC(C(=O)N1Cc2ccccc2C(c2ccccc2)C1)C1CCCC1. The minimum Gasteiger partial charge on any atom is -0.344 e. The Hall–Kier alpha value is -2.62. The molecule has 146 valence electrons. The molecule has 2 atom stereocenters. The van der Waals surface area contributed by atoms with Gasteiger partial charge in [0.1, 0.15) is 6.04 Å². The number of carbonyl (C=O) groups excluding carboxylic acids is 2. The summed E-state index contributed by atoms with van der Waals surface area (Å²) in [4.78, 5) is 27.3. The van der Waals surface area contributed by atoms with Crippen LogP contribution < -0.4 is 5.32 Å². The number of benzene rings is 2. The van der Waals surface area contributed by atoms with Crippen LogP contribution in [-0.2, 0) is 16.1 Å². The highest BCUT2D eigenvalue weighted by Gasteiger charge is 2.37. The van der Waals surface area contributed by atoms with E-state index in [4.69, 9.17) is 0 Å². The smallest absolute Gasteiger partial charge is 0.245 e. The maximum Gasteiger partial charge on any atom is 0.245 e. The van der Waals surface area contributed by atoms with Gasteiger partial charge in [0.15, 0.2) is 0 Å². The molecule has 1 aliphatic heterocycles. The molecule has 0 saturated heterocycles. The molecule has 2 aromatic carbocycles. The van der Waals surface area contributed by atoms with Crippen LogP contribution in [0.15, 0.2) is 54.6 Å². The maximum atomic E-state index is 13.5. The van der Waals surface area contributed by atoms with Crippen LogP contribution in [0.3, 0.4) is 0 Å². The van der Waals surface area contributed by atoms with Gasteiger partial charge in [0, 0.05) is 25.9 Å². The fourth-order valence-electron chi connectivity index (χ4n) is 4.83. The molecule has 4 nitrogen and oxygen atoms in total. The van der Waals surface area contributed by atoms with E-state index in [2.05, 4.69) is 47.8 Å². The van der Waals surface area contributed by atoms with Gasteiger partial charge in [0.05, 0.1) is 0 Å². The minimum absolute atomic E-state index is 0.0672. The average Bonchev–Trinajstić information content (AvgIpc) is 3.26. The maximum absolute atomic E-state index is 13.5. The lowest BCUT2D eigenvalue weighted by molar-refractivity contribution is -0.138. The second-order valence-corrected chi connectivity index (χ2v) is 8.10. The zero-order chi connectivity index (χ0) is 19.5. The topological polar surface area (TPSA) is 49.4 Å². The zero-order valence-corrected chi connectivity index (χ0v) is 16.4. The van der Waals surface area contributed by atoms with Gasteiger partial charge in [-0.3, -0.25) is 9.59 Å². The molecule has 4 rings (SSSR count). The lowest BCUT2D eigenvalue weighted by atomic mass is 9.84. The first kappa shape index (κ1) is 18.7. The number of nitrogens with zero attached hydrogens (tertiary/aromatic N) is 1. The number of nitrogens with one attached hydrogen (secondary N) is 1. The molecule has 1 fully saturated rings. The monoisotopic (exact) mass is 376 g/mol. The summed E-state index contributed by atoms with van der Waals surface area (Å²) >= 11 is 0. The van der Waals surface area contributed by atoms with Gasteiger partial charge < -0.3 is 10.2 Å². The van der Waals surface area contributed by atoms with Crippen molar-refractivity contribution in [3.63, 3.8) is 0 Å². The fraction of sp³-hybridized carbons (Fsp3) is 0.417. The third kappa shape index (κ3) is 3.82. The van der Waals surface area contributed by atoms with Crippen molar-refractivity contribution >= 4 is 11.8 Å². The van der Waals surface area contributed by atoms with E-state index in [0.29, 0.717) is 13.1 Å². The summed E-state index contributed by atoms with van der Waals surface area (Å²) in [5.41, 5.74) is 3.73. The standard InChI is InChI=1S/C24H28N2O2/c1-17(27)25-23(19-11-5-6-12-19)24(28)26-15-20-13-7-8-14-21(20)22(16-26)18-9-3-2-4-10-18/h2-4,7-10,13-14,19,22-23H,5-6,11-12,15-16H2,1H3,(H,25,27). The predicted octanol–water partition coefficient (Wildman–Crippen LogP) is 3.86. The molecule has 0 bridgehead atoms. The normalized spacial score (nSPS) is 20.5. The van der Waals surface area contributed by atoms with E-state index in [1.807, 2.05) is 17.0 Å². The number of carbonyl (C=O) groups is 2. The molecule has 2 unspecified atom stereocenters. The first-order chi connectivity index (χ1) is 13.6. The van der Waals surface area contributed by atoms with E-state index in [9.17, 15) is 9.59 Å². The molecule has 1 N–H and O–H groups in total. The first-order valence-corrected chi connectivity index (χ1v) is 10.3. The highest BCUT2D eigenvalue weighted by Crippen LogP contribution is 2.35. The van der Waals surface area contributed by atoms with Crippen LogP contribution in [0.25, 0.3) is 0 Å². The van der Waals surface area contributed by atoms with E-state index in [1.165, 1.54) is 23.6 Å². The van der Waals surface area contributed by atoms with E-state index < -0.39 is 6.04 Å². The first-order valence-electron chi connectivity index (χ1n) is 10.3. The van der Waals surface area contributed by atoms with Gasteiger partial charge in [0.2, 0.25) is 11.8 Å². The molecule has 2 aliphatic rings. The van der Waals surface area contributed by atoms with Crippen molar-refractivity contribution in [3.8, 4) is 0 Å². The zero-order valence-electron chi connectivity index (χ0n) is 16.4. The molecular weight excluding hydrogens is 348 g/mol. The van der Waals surface area contributed by atoms with Gasteiger partial charge >= 0.3 is 0 Å². The molecule has 0 spiro atoms. The second-order valence-electron chi connectivity index (χ2n) is 8.10. The Balaban J connectivity index is 1.64. The van der Waals surface area contributed by atoms with Gasteiger partial charge in [-0.05, 0) is 35.4 Å². The highest BCUT2D eigenvalue weighted by atomic mass is 16.2. The lowest BCUT2D eigenvalue weighted by Crippen LogP contribution is -2.53. The van der Waals surface area contributed by atoms with Crippen molar-refractivity contribution in [2.45, 2.75) is 51.1 Å². The molecular formula is C24H28N2O2. The number of hydrogen-bond acceptors (Lipinski definition) is 2. The van der Waals surface area contributed by atoms with Gasteiger partial charge in [-0.25, -0.2) is 0 Å². The van der Waals surface area contributed by atoms with E-state index in [0.717, 1.165) is 25.7 Å². The van der Waals surface area contributed by atoms with Crippen molar-refractivity contribution in [2.24, 2.45) is 5.92 Å². The Morgan fingerprint density at radius 3 is 2.39 bits per heavy atom. The van der Waals surface area contributed by atoms with E-state index in [1.54, 1.807) is 0 Å². The Morgan fingerprint density at radius 1 is 1.00 bits per heavy atom. The predicted molar refractivity (Wildman–Crippen MR) is 110 cm³/mol. The van der Waals surface area contributed by atoms with Gasteiger partial charge in [-0.15, -0.1) is 0 Å². The van der Waals surface area contributed by atoms with Crippen LogP contribution in [0.5, 0.6) is 0 Å². The molecule has 1 heterocycles. The molecule has 2 aromatic rings. The van der Waals surface area contributed by atoms with Crippen LogP contribution in [0.4, 0.5) is 0 Å². The lowest BCUT2D eigenvalue weighted by Gasteiger charge is -2.38. The summed E-state index contributed by atoms with van der Waals surface area (Å²) in [5, 5.41) is 2.97. The van der Waals surface area contributed by atoms with Crippen LogP contribution in [0.1, 0.15) is 55.2 Å². The van der Waals surface area contributed by atoms with Crippen LogP contribution in [-0.4, -0.2) is 29.3 Å². The van der Waals surface area contributed by atoms with Crippen LogP contribution in [0, 0.1) is 5.92 Å². The molecule has 2 amide bonds. The highest BCUT2D eigenvalue weighted by molar-refractivity contribution is 5.87. The van der Waals surface area contributed by atoms with Crippen molar-refractivity contribution in [1.82, 2.24) is 10.2 Å². The number of rotatable bonds is 4. The second kappa shape index (κ2) is 8.17. The van der Waals surface area contributed by atoms with E-state index >= 15 is 0 Å². The molecule has 1 saturated carbocycles. The van der Waals surface area contributed by atoms with Crippen molar-refractivity contribution in [2.75, 3.05) is 6.54 Å².